The van der Waals surface area contributed by atoms with Crippen molar-refractivity contribution in [3.8, 4) is 0 Å². The Bertz CT molecular complexity index is 925. The van der Waals surface area contributed by atoms with Gasteiger partial charge < -0.3 is 10.1 Å². The Kier molecular flexibility index (Phi) is 6.59. The van der Waals surface area contributed by atoms with Gasteiger partial charge in [0.25, 0.3) is 5.91 Å². The molecule has 0 bridgehead atoms. The third-order valence-corrected chi connectivity index (χ3v) is 5.93. The molecular formula is C20H23ClN2O4S. The van der Waals surface area contributed by atoms with Crippen molar-refractivity contribution in [3.05, 3.63) is 64.7 Å². The van der Waals surface area contributed by atoms with Gasteiger partial charge in [-0.3, -0.25) is 9.10 Å². The molecule has 0 aromatic heterocycles. The minimum Gasteiger partial charge on any atom is -0.376 e. The van der Waals surface area contributed by atoms with Crippen LogP contribution in [0.25, 0.3) is 0 Å². The molecule has 1 aliphatic heterocycles. The number of carbonyl (C=O) groups is 1. The molecule has 1 heterocycles. The Morgan fingerprint density at radius 2 is 2.00 bits per heavy atom. The molecule has 28 heavy (non-hydrogen) atoms. The van der Waals surface area contributed by atoms with E-state index in [4.69, 9.17) is 16.3 Å². The average Bonchev–Trinajstić information content (AvgIpc) is 3.17. The Morgan fingerprint density at radius 3 is 2.61 bits per heavy atom. The first-order chi connectivity index (χ1) is 13.3. The summed E-state index contributed by atoms with van der Waals surface area (Å²) in [5, 5.41) is 3.33. The molecule has 6 nitrogen and oxygen atoms in total. The van der Waals surface area contributed by atoms with E-state index in [0.29, 0.717) is 22.8 Å². The van der Waals surface area contributed by atoms with E-state index in [9.17, 15) is 13.2 Å². The fraction of sp³-hybridized carbons (Fsp3) is 0.350. The van der Waals surface area contributed by atoms with Gasteiger partial charge in [0.05, 0.1) is 24.6 Å². The molecule has 1 atom stereocenters. The van der Waals surface area contributed by atoms with Crippen molar-refractivity contribution < 1.29 is 17.9 Å². The molecule has 2 aromatic rings. The number of halogens is 1. The van der Waals surface area contributed by atoms with Crippen LogP contribution in [0, 0.1) is 0 Å². The van der Waals surface area contributed by atoms with Crippen molar-refractivity contribution in [2.45, 2.75) is 25.5 Å². The number of benzene rings is 2. The zero-order valence-corrected chi connectivity index (χ0v) is 17.2. The van der Waals surface area contributed by atoms with Crippen LogP contribution < -0.4 is 9.62 Å². The Hall–Kier alpha value is -2.09. The lowest BCUT2D eigenvalue weighted by Crippen LogP contribution is -2.31. The van der Waals surface area contributed by atoms with Crippen molar-refractivity contribution in [2.24, 2.45) is 0 Å². The Labute approximate surface area is 170 Å². The second-order valence-corrected chi connectivity index (χ2v) is 9.13. The summed E-state index contributed by atoms with van der Waals surface area (Å²) in [6.07, 6.45) is 3.23. The molecule has 3 rings (SSSR count). The van der Waals surface area contributed by atoms with Gasteiger partial charge in [0.1, 0.15) is 0 Å². The zero-order valence-electron chi connectivity index (χ0n) is 15.6. The van der Waals surface area contributed by atoms with Gasteiger partial charge >= 0.3 is 0 Å². The molecule has 0 saturated carbocycles. The molecule has 0 spiro atoms. The SMILES string of the molecule is CS(=O)(=O)N(Cc1ccc(C(=O)NC[C@@H]2CCCO2)cc1)c1cccc(Cl)c1. The van der Waals surface area contributed by atoms with Crippen molar-refractivity contribution in [3.63, 3.8) is 0 Å². The van der Waals surface area contributed by atoms with Crippen molar-refractivity contribution in [1.29, 1.82) is 0 Å². The van der Waals surface area contributed by atoms with E-state index in [-0.39, 0.29) is 18.6 Å². The second-order valence-electron chi connectivity index (χ2n) is 6.79. The maximum Gasteiger partial charge on any atom is 0.251 e. The third-order valence-electron chi connectivity index (χ3n) is 4.55. The molecule has 1 saturated heterocycles. The predicted octanol–water partition coefficient (Wildman–Crippen LogP) is 3.22. The maximum absolute atomic E-state index is 12.3. The smallest absolute Gasteiger partial charge is 0.251 e. The molecule has 8 heteroatoms. The number of rotatable bonds is 7. The van der Waals surface area contributed by atoms with Gasteiger partial charge in [-0.2, -0.15) is 0 Å². The standard InChI is InChI=1S/C20H23ClN2O4S/c1-28(25,26)23(18-5-2-4-17(21)12-18)14-15-7-9-16(10-8-15)20(24)22-13-19-6-3-11-27-19/h2,4-5,7-10,12,19H,3,6,11,13-14H2,1H3,(H,22,24)/t19-/m0/s1. The summed E-state index contributed by atoms with van der Waals surface area (Å²) in [6.45, 7) is 1.40. The number of nitrogens with one attached hydrogen (secondary N) is 1. The lowest BCUT2D eigenvalue weighted by Gasteiger charge is -2.22. The first kappa shape index (κ1) is 20.6. The van der Waals surface area contributed by atoms with Crippen LogP contribution in [0.4, 0.5) is 5.69 Å². The number of anilines is 1. The molecule has 2 aromatic carbocycles. The minimum atomic E-state index is -3.50. The third kappa shape index (κ3) is 5.47. The van der Waals surface area contributed by atoms with Gasteiger partial charge in [0, 0.05) is 23.7 Å². The van der Waals surface area contributed by atoms with Crippen LogP contribution >= 0.6 is 11.6 Å². The molecule has 0 aliphatic carbocycles. The summed E-state index contributed by atoms with van der Waals surface area (Å²) in [5.41, 5.74) is 1.78. The van der Waals surface area contributed by atoms with E-state index in [1.165, 1.54) is 4.31 Å². The van der Waals surface area contributed by atoms with E-state index in [2.05, 4.69) is 5.32 Å². The first-order valence-corrected chi connectivity index (χ1v) is 11.3. The van der Waals surface area contributed by atoms with Gasteiger partial charge in [-0.15, -0.1) is 0 Å². The van der Waals surface area contributed by atoms with Gasteiger partial charge in [-0.05, 0) is 48.7 Å². The normalized spacial score (nSPS) is 16.7. The van der Waals surface area contributed by atoms with Gasteiger partial charge in [-0.1, -0.05) is 29.8 Å². The predicted molar refractivity (Wildman–Crippen MR) is 110 cm³/mol. The van der Waals surface area contributed by atoms with Crippen LogP contribution in [0.1, 0.15) is 28.8 Å². The zero-order chi connectivity index (χ0) is 20.1. The summed E-state index contributed by atoms with van der Waals surface area (Å²) in [5.74, 6) is -0.170. The highest BCUT2D eigenvalue weighted by Gasteiger charge is 2.19. The number of amides is 1. The fourth-order valence-electron chi connectivity index (χ4n) is 3.07. The van der Waals surface area contributed by atoms with Crippen molar-refractivity contribution >= 4 is 33.2 Å². The molecule has 150 valence electrons. The monoisotopic (exact) mass is 422 g/mol. The van der Waals surface area contributed by atoms with E-state index in [0.717, 1.165) is 31.3 Å². The van der Waals surface area contributed by atoms with Gasteiger partial charge in [0.2, 0.25) is 10.0 Å². The number of ether oxygens (including phenoxy) is 1. The van der Waals surface area contributed by atoms with Crippen LogP contribution in [0.15, 0.2) is 48.5 Å². The molecule has 0 unspecified atom stereocenters. The summed E-state index contributed by atoms with van der Waals surface area (Å²) in [7, 11) is -3.50. The number of sulfonamides is 1. The highest BCUT2D eigenvalue weighted by molar-refractivity contribution is 7.92. The molecule has 1 fully saturated rings. The number of nitrogens with zero attached hydrogens (tertiary/aromatic N) is 1. The van der Waals surface area contributed by atoms with E-state index >= 15 is 0 Å². The highest BCUT2D eigenvalue weighted by Crippen LogP contribution is 2.24. The summed E-state index contributed by atoms with van der Waals surface area (Å²) < 4.78 is 31.3. The second kappa shape index (κ2) is 8.94. The summed E-state index contributed by atoms with van der Waals surface area (Å²) in [4.78, 5) is 12.3. The van der Waals surface area contributed by atoms with E-state index in [1.807, 2.05) is 0 Å². The summed E-state index contributed by atoms with van der Waals surface area (Å²) >= 11 is 6.00. The van der Waals surface area contributed by atoms with E-state index < -0.39 is 10.0 Å². The van der Waals surface area contributed by atoms with Crippen LogP contribution in [-0.2, 0) is 21.3 Å². The topological polar surface area (TPSA) is 75.7 Å². The molecule has 1 aliphatic rings. The lowest BCUT2D eigenvalue weighted by atomic mass is 10.1. The molecule has 0 radical (unpaired) electrons. The number of carbonyl (C=O) groups excluding carboxylic acids is 1. The van der Waals surface area contributed by atoms with Crippen molar-refractivity contribution in [1.82, 2.24) is 5.32 Å². The lowest BCUT2D eigenvalue weighted by molar-refractivity contribution is 0.0858. The highest BCUT2D eigenvalue weighted by atomic mass is 35.5. The van der Waals surface area contributed by atoms with E-state index in [1.54, 1.807) is 48.5 Å². The maximum atomic E-state index is 12.3. The first-order valence-electron chi connectivity index (χ1n) is 9.05. The van der Waals surface area contributed by atoms with Crippen molar-refractivity contribution in [2.75, 3.05) is 23.7 Å². The number of hydrogen-bond acceptors (Lipinski definition) is 4. The van der Waals surface area contributed by atoms with Gasteiger partial charge in [-0.25, -0.2) is 8.42 Å². The van der Waals surface area contributed by atoms with Gasteiger partial charge in [0.15, 0.2) is 0 Å². The van der Waals surface area contributed by atoms with Crippen LogP contribution in [0.2, 0.25) is 5.02 Å². The van der Waals surface area contributed by atoms with Crippen LogP contribution in [0.3, 0.4) is 0 Å². The minimum absolute atomic E-state index is 0.0873. The summed E-state index contributed by atoms with van der Waals surface area (Å²) in [6, 6.07) is 13.6. The van der Waals surface area contributed by atoms with Crippen LogP contribution in [0.5, 0.6) is 0 Å². The molecule has 1 N–H and O–H groups in total. The quantitative estimate of drug-likeness (QED) is 0.743. The average molecular weight is 423 g/mol. The number of hydrogen-bond donors (Lipinski definition) is 1. The fourth-order valence-corrected chi connectivity index (χ4v) is 4.14. The largest absolute Gasteiger partial charge is 0.376 e. The Morgan fingerprint density at radius 1 is 1.25 bits per heavy atom. The van der Waals surface area contributed by atoms with Crippen LogP contribution in [-0.4, -0.2) is 39.8 Å². The Balaban J connectivity index is 1.68. The molecule has 1 amide bonds. The molecular weight excluding hydrogens is 400 g/mol.